The Morgan fingerprint density at radius 1 is 0.931 bits per heavy atom. The molecule has 158 valence electrons. The van der Waals surface area contributed by atoms with Crippen LogP contribution < -0.4 is 0 Å². The highest BCUT2D eigenvalue weighted by Gasteiger charge is 2.22. The van der Waals surface area contributed by atoms with Crippen LogP contribution in [0.4, 0.5) is 0 Å². The van der Waals surface area contributed by atoms with Crippen molar-refractivity contribution in [3.05, 3.63) is 47.5 Å². The van der Waals surface area contributed by atoms with Crippen molar-refractivity contribution in [3.63, 3.8) is 0 Å². The van der Waals surface area contributed by atoms with E-state index < -0.39 is 0 Å². The molecular formula is C28H40O. The van der Waals surface area contributed by atoms with Gasteiger partial charge in [-0.15, -0.1) is 0 Å². The maximum Gasteiger partial charge on any atom is 0.0571 e. The van der Waals surface area contributed by atoms with Gasteiger partial charge in [0.05, 0.1) is 6.10 Å². The van der Waals surface area contributed by atoms with Crippen LogP contribution in [0.25, 0.3) is 0 Å². The van der Waals surface area contributed by atoms with Gasteiger partial charge in [-0.05, 0) is 92.9 Å². The van der Waals surface area contributed by atoms with Crippen LogP contribution in [0.2, 0.25) is 0 Å². The molecule has 0 bridgehead atoms. The van der Waals surface area contributed by atoms with Crippen molar-refractivity contribution in [2.45, 2.75) is 96.0 Å². The van der Waals surface area contributed by atoms with Crippen LogP contribution >= 0.6 is 0 Å². The zero-order valence-electron chi connectivity index (χ0n) is 18.7. The Hall–Kier alpha value is -1.52. The van der Waals surface area contributed by atoms with Gasteiger partial charge in [0, 0.05) is 12.7 Å². The maximum absolute atomic E-state index is 5.49. The molecule has 1 aromatic carbocycles. The van der Waals surface area contributed by atoms with Crippen molar-refractivity contribution in [1.29, 1.82) is 0 Å². The fourth-order valence-electron chi connectivity index (χ4n) is 5.13. The summed E-state index contributed by atoms with van der Waals surface area (Å²) in [4.78, 5) is 0. The topological polar surface area (TPSA) is 9.23 Å². The third kappa shape index (κ3) is 7.35. The summed E-state index contributed by atoms with van der Waals surface area (Å²) >= 11 is 0. The van der Waals surface area contributed by atoms with Crippen LogP contribution in [0.1, 0.15) is 101 Å². The highest BCUT2D eigenvalue weighted by Crippen LogP contribution is 2.34. The molecule has 1 aromatic rings. The lowest BCUT2D eigenvalue weighted by Gasteiger charge is -2.27. The lowest BCUT2D eigenvalue weighted by atomic mass is 9.79. The van der Waals surface area contributed by atoms with Gasteiger partial charge in [-0.1, -0.05) is 62.7 Å². The summed E-state index contributed by atoms with van der Waals surface area (Å²) in [5.41, 5.74) is 2.60. The van der Waals surface area contributed by atoms with Crippen molar-refractivity contribution in [3.8, 4) is 11.8 Å². The Bertz CT molecular complexity index is 659. The van der Waals surface area contributed by atoms with Crippen LogP contribution in [-0.2, 0) is 4.74 Å². The third-order valence-corrected chi connectivity index (χ3v) is 7.17. The molecule has 3 rings (SSSR count). The molecule has 1 heteroatoms. The first kappa shape index (κ1) is 22.2. The summed E-state index contributed by atoms with van der Waals surface area (Å²) in [5.74, 6) is 9.01. The summed E-state index contributed by atoms with van der Waals surface area (Å²) in [6.45, 7) is 2.30. The Balaban J connectivity index is 1.40. The molecule has 0 spiro atoms. The molecule has 2 fully saturated rings. The van der Waals surface area contributed by atoms with Gasteiger partial charge in [-0.25, -0.2) is 0 Å². The van der Waals surface area contributed by atoms with Crippen LogP contribution in [-0.4, -0.2) is 13.2 Å². The number of rotatable bonds is 7. The van der Waals surface area contributed by atoms with Crippen molar-refractivity contribution < 1.29 is 4.74 Å². The number of hydrogen-bond acceptors (Lipinski definition) is 1. The second kappa shape index (κ2) is 12.2. The largest absolute Gasteiger partial charge is 0.381 e. The summed E-state index contributed by atoms with van der Waals surface area (Å²) in [6, 6.07) is 8.96. The second-order valence-corrected chi connectivity index (χ2v) is 9.24. The molecule has 0 heterocycles. The lowest BCUT2D eigenvalue weighted by molar-refractivity contribution is 0.0659. The van der Waals surface area contributed by atoms with E-state index >= 15 is 0 Å². The maximum atomic E-state index is 5.49. The fraction of sp³-hybridized carbons (Fsp3) is 0.643. The van der Waals surface area contributed by atoms with Gasteiger partial charge in [0.25, 0.3) is 0 Å². The average Bonchev–Trinajstić information content (AvgIpc) is 2.78. The molecule has 0 atom stereocenters. The molecule has 1 nitrogen and oxygen atoms in total. The van der Waals surface area contributed by atoms with E-state index in [-0.39, 0.29) is 0 Å². The Morgan fingerprint density at radius 2 is 1.66 bits per heavy atom. The minimum Gasteiger partial charge on any atom is -0.381 e. The van der Waals surface area contributed by atoms with Gasteiger partial charge >= 0.3 is 0 Å². The lowest BCUT2D eigenvalue weighted by Crippen LogP contribution is -2.19. The van der Waals surface area contributed by atoms with Crippen LogP contribution in [0.15, 0.2) is 36.4 Å². The summed E-state index contributed by atoms with van der Waals surface area (Å²) in [5, 5.41) is 0. The van der Waals surface area contributed by atoms with Gasteiger partial charge in [0.1, 0.15) is 0 Å². The quantitative estimate of drug-likeness (QED) is 0.342. The molecule has 0 aliphatic heterocycles. The standard InChI is InChI=1S/C28H40O/c1-3-4-5-8-23-11-13-24(14-12-23)9-6-7-10-25-15-17-26(18-16-25)27-19-21-28(29-2)22-20-27/h6,9,15-18,23-24,27-28H,3-5,8,11-14,19-22H2,1-2H3/t23-,24-,27-,28-. The van der Waals surface area contributed by atoms with E-state index in [0.717, 1.165) is 17.4 Å². The summed E-state index contributed by atoms with van der Waals surface area (Å²) in [6.07, 6.45) is 21.0. The highest BCUT2D eigenvalue weighted by molar-refractivity contribution is 5.39. The molecule has 0 aromatic heterocycles. The number of hydrogen-bond donors (Lipinski definition) is 0. The smallest absolute Gasteiger partial charge is 0.0571 e. The van der Waals surface area contributed by atoms with Gasteiger partial charge in [-0.3, -0.25) is 0 Å². The average molecular weight is 393 g/mol. The Morgan fingerprint density at radius 3 is 2.31 bits per heavy atom. The zero-order valence-corrected chi connectivity index (χ0v) is 18.7. The minimum absolute atomic E-state index is 0.472. The SMILES string of the molecule is CCCCC[C@H]1CC[C@H](C=CC#Cc2ccc([C@H]3CC[C@H](OC)CC3)cc2)CC1. The van der Waals surface area contributed by atoms with Gasteiger partial charge in [0.2, 0.25) is 0 Å². The molecule has 29 heavy (non-hydrogen) atoms. The predicted octanol–water partition coefficient (Wildman–Crippen LogP) is 7.65. The molecular weight excluding hydrogens is 352 g/mol. The molecule has 2 saturated carbocycles. The third-order valence-electron chi connectivity index (χ3n) is 7.17. The van der Waals surface area contributed by atoms with Gasteiger partial charge < -0.3 is 4.74 Å². The zero-order chi connectivity index (χ0) is 20.3. The Labute approximate surface area is 179 Å². The van der Waals surface area contributed by atoms with E-state index in [1.165, 1.54) is 82.6 Å². The number of unbranched alkanes of at least 4 members (excludes halogenated alkanes) is 2. The van der Waals surface area contributed by atoms with Crippen LogP contribution in [0.3, 0.4) is 0 Å². The fourth-order valence-corrected chi connectivity index (χ4v) is 5.13. The van der Waals surface area contributed by atoms with E-state index in [1.807, 2.05) is 7.11 Å². The normalized spacial score (nSPS) is 27.5. The Kier molecular flexibility index (Phi) is 9.36. The van der Waals surface area contributed by atoms with Crippen molar-refractivity contribution in [1.82, 2.24) is 0 Å². The van der Waals surface area contributed by atoms with Crippen molar-refractivity contribution in [2.24, 2.45) is 11.8 Å². The van der Waals surface area contributed by atoms with Crippen molar-refractivity contribution in [2.75, 3.05) is 7.11 Å². The summed E-state index contributed by atoms with van der Waals surface area (Å²) < 4.78 is 5.49. The number of methoxy groups -OCH3 is 1. The predicted molar refractivity (Wildman–Crippen MR) is 124 cm³/mol. The monoisotopic (exact) mass is 392 g/mol. The van der Waals surface area contributed by atoms with E-state index in [1.54, 1.807) is 0 Å². The molecule has 2 aliphatic carbocycles. The van der Waals surface area contributed by atoms with E-state index in [2.05, 4.69) is 55.2 Å². The second-order valence-electron chi connectivity index (χ2n) is 9.24. The van der Waals surface area contributed by atoms with E-state index in [9.17, 15) is 0 Å². The van der Waals surface area contributed by atoms with E-state index in [4.69, 9.17) is 4.74 Å². The molecule has 0 amide bonds. The molecule has 2 aliphatic rings. The number of benzene rings is 1. The molecule has 0 unspecified atom stereocenters. The van der Waals surface area contributed by atoms with Crippen LogP contribution in [0, 0.1) is 23.7 Å². The molecule has 0 N–H and O–H groups in total. The molecule has 0 saturated heterocycles. The first-order valence-electron chi connectivity index (χ1n) is 12.1. The summed E-state index contributed by atoms with van der Waals surface area (Å²) in [7, 11) is 1.84. The van der Waals surface area contributed by atoms with E-state index in [0.29, 0.717) is 12.0 Å². The van der Waals surface area contributed by atoms with Crippen molar-refractivity contribution >= 4 is 0 Å². The molecule has 0 radical (unpaired) electrons. The van der Waals surface area contributed by atoms with Crippen LogP contribution in [0.5, 0.6) is 0 Å². The van der Waals surface area contributed by atoms with Gasteiger partial charge in [0.15, 0.2) is 0 Å². The number of allylic oxidation sites excluding steroid dienone is 2. The first-order chi connectivity index (χ1) is 14.3. The highest BCUT2D eigenvalue weighted by atomic mass is 16.5. The first-order valence-corrected chi connectivity index (χ1v) is 12.1. The minimum atomic E-state index is 0.472. The van der Waals surface area contributed by atoms with Gasteiger partial charge in [-0.2, -0.15) is 0 Å². The number of ether oxygens (including phenoxy) is 1.